The van der Waals surface area contributed by atoms with Crippen molar-refractivity contribution >= 4 is 28.8 Å². The van der Waals surface area contributed by atoms with E-state index in [1.807, 2.05) is 29.6 Å². The second-order valence-corrected chi connectivity index (χ2v) is 5.56. The molecule has 0 spiro atoms. The van der Waals surface area contributed by atoms with Crippen LogP contribution in [0.5, 0.6) is 0 Å². The molecule has 1 unspecified atom stereocenters. The molecule has 19 heavy (non-hydrogen) atoms. The number of hydrogen-bond acceptors (Lipinski definition) is 3. The Labute approximate surface area is 120 Å². The molecule has 0 saturated heterocycles. The van der Waals surface area contributed by atoms with Crippen LogP contribution >= 0.6 is 22.9 Å². The average Bonchev–Trinajstić information content (AvgIpc) is 2.90. The molecule has 0 bridgehead atoms. The van der Waals surface area contributed by atoms with E-state index < -0.39 is 6.10 Å². The molecule has 2 aromatic rings. The van der Waals surface area contributed by atoms with Gasteiger partial charge in [0.25, 0.3) is 0 Å². The second kappa shape index (κ2) is 6.70. The van der Waals surface area contributed by atoms with E-state index in [0.29, 0.717) is 5.02 Å². The zero-order chi connectivity index (χ0) is 13.7. The SMILES string of the molecule is O=C(Cc1cccc(Cl)c1)NCC(O)c1cccs1. The molecule has 0 radical (unpaired) electrons. The Balaban J connectivity index is 1.82. The van der Waals surface area contributed by atoms with Crippen LogP contribution in [0.4, 0.5) is 0 Å². The first kappa shape index (κ1) is 14.1. The van der Waals surface area contributed by atoms with Gasteiger partial charge >= 0.3 is 0 Å². The van der Waals surface area contributed by atoms with Crippen LogP contribution in [0, 0.1) is 0 Å². The lowest BCUT2D eigenvalue weighted by molar-refractivity contribution is -0.120. The summed E-state index contributed by atoms with van der Waals surface area (Å²) >= 11 is 7.32. The molecule has 1 heterocycles. The zero-order valence-electron chi connectivity index (χ0n) is 10.2. The van der Waals surface area contributed by atoms with Crippen LogP contribution in [0.1, 0.15) is 16.5 Å². The molecule has 5 heteroatoms. The van der Waals surface area contributed by atoms with Gasteiger partial charge in [-0.25, -0.2) is 0 Å². The molecule has 0 fully saturated rings. The largest absolute Gasteiger partial charge is 0.386 e. The van der Waals surface area contributed by atoms with Crippen LogP contribution in [0.25, 0.3) is 0 Å². The minimum absolute atomic E-state index is 0.127. The summed E-state index contributed by atoms with van der Waals surface area (Å²) in [6, 6.07) is 10.9. The van der Waals surface area contributed by atoms with Gasteiger partial charge in [0.15, 0.2) is 0 Å². The van der Waals surface area contributed by atoms with Gasteiger partial charge in [0.1, 0.15) is 6.10 Å². The monoisotopic (exact) mass is 295 g/mol. The van der Waals surface area contributed by atoms with Crippen LogP contribution in [0.3, 0.4) is 0 Å². The number of amides is 1. The lowest BCUT2D eigenvalue weighted by atomic mass is 10.1. The molecule has 1 atom stereocenters. The highest BCUT2D eigenvalue weighted by atomic mass is 35.5. The van der Waals surface area contributed by atoms with Crippen LogP contribution in [-0.2, 0) is 11.2 Å². The van der Waals surface area contributed by atoms with Crippen molar-refractivity contribution in [3.05, 3.63) is 57.2 Å². The van der Waals surface area contributed by atoms with Crippen molar-refractivity contribution in [3.8, 4) is 0 Å². The fourth-order valence-corrected chi connectivity index (χ4v) is 2.61. The second-order valence-electron chi connectivity index (χ2n) is 4.14. The number of benzene rings is 1. The maximum Gasteiger partial charge on any atom is 0.224 e. The number of halogens is 1. The van der Waals surface area contributed by atoms with E-state index in [9.17, 15) is 9.90 Å². The number of hydrogen-bond donors (Lipinski definition) is 2. The summed E-state index contributed by atoms with van der Waals surface area (Å²) in [7, 11) is 0. The number of thiophene rings is 1. The van der Waals surface area contributed by atoms with Gasteiger partial charge < -0.3 is 10.4 Å². The number of aliphatic hydroxyl groups excluding tert-OH is 1. The third-order valence-corrected chi connectivity index (χ3v) is 3.83. The van der Waals surface area contributed by atoms with E-state index in [1.165, 1.54) is 11.3 Å². The van der Waals surface area contributed by atoms with Gasteiger partial charge in [0.2, 0.25) is 5.91 Å². The van der Waals surface area contributed by atoms with Crippen molar-refractivity contribution in [1.29, 1.82) is 0 Å². The maximum absolute atomic E-state index is 11.7. The summed E-state index contributed by atoms with van der Waals surface area (Å²) in [5, 5.41) is 15.1. The van der Waals surface area contributed by atoms with E-state index in [1.54, 1.807) is 12.1 Å². The maximum atomic E-state index is 11.7. The Morgan fingerprint density at radius 1 is 1.37 bits per heavy atom. The highest BCUT2D eigenvalue weighted by molar-refractivity contribution is 7.10. The van der Waals surface area contributed by atoms with Gasteiger partial charge in [-0.1, -0.05) is 29.8 Å². The van der Waals surface area contributed by atoms with Crippen molar-refractivity contribution in [2.24, 2.45) is 0 Å². The van der Waals surface area contributed by atoms with E-state index in [0.717, 1.165) is 10.4 Å². The highest BCUT2D eigenvalue weighted by Crippen LogP contribution is 2.17. The number of carbonyl (C=O) groups is 1. The van der Waals surface area contributed by atoms with E-state index in [4.69, 9.17) is 11.6 Å². The Hall–Kier alpha value is -1.36. The highest BCUT2D eigenvalue weighted by Gasteiger charge is 2.10. The standard InChI is InChI=1S/C14H14ClNO2S/c15-11-4-1-3-10(7-11)8-14(18)16-9-12(17)13-5-2-6-19-13/h1-7,12,17H,8-9H2,(H,16,18). The summed E-state index contributed by atoms with van der Waals surface area (Å²) in [4.78, 5) is 12.6. The molecule has 0 aliphatic rings. The number of aliphatic hydroxyl groups is 1. The van der Waals surface area contributed by atoms with Gasteiger partial charge in [-0.3, -0.25) is 4.79 Å². The summed E-state index contributed by atoms with van der Waals surface area (Å²) in [5.41, 5.74) is 0.857. The predicted octanol–water partition coefficient (Wildman–Crippen LogP) is 2.79. The number of rotatable bonds is 5. The Morgan fingerprint density at radius 3 is 2.89 bits per heavy atom. The predicted molar refractivity (Wildman–Crippen MR) is 77.4 cm³/mol. The molecular weight excluding hydrogens is 282 g/mol. The minimum Gasteiger partial charge on any atom is -0.386 e. The quantitative estimate of drug-likeness (QED) is 0.891. The molecule has 1 aromatic heterocycles. The first-order chi connectivity index (χ1) is 9.15. The molecule has 2 rings (SSSR count). The van der Waals surface area contributed by atoms with Crippen molar-refractivity contribution in [3.63, 3.8) is 0 Å². The average molecular weight is 296 g/mol. The first-order valence-corrected chi connectivity index (χ1v) is 7.13. The molecule has 0 aliphatic heterocycles. The minimum atomic E-state index is -0.650. The van der Waals surface area contributed by atoms with E-state index >= 15 is 0 Å². The number of nitrogens with one attached hydrogen (secondary N) is 1. The van der Waals surface area contributed by atoms with Crippen molar-refractivity contribution in [1.82, 2.24) is 5.32 Å². The summed E-state index contributed by atoms with van der Waals surface area (Å²) in [6.45, 7) is 0.222. The van der Waals surface area contributed by atoms with Gasteiger partial charge in [-0.05, 0) is 29.1 Å². The van der Waals surface area contributed by atoms with Crippen LogP contribution in [-0.4, -0.2) is 17.6 Å². The first-order valence-electron chi connectivity index (χ1n) is 5.88. The van der Waals surface area contributed by atoms with Crippen LogP contribution in [0.2, 0.25) is 5.02 Å². The summed E-state index contributed by atoms with van der Waals surface area (Å²) in [5.74, 6) is -0.127. The zero-order valence-corrected chi connectivity index (χ0v) is 11.7. The van der Waals surface area contributed by atoms with Gasteiger partial charge in [0, 0.05) is 16.4 Å². The van der Waals surface area contributed by atoms with Crippen LogP contribution < -0.4 is 5.32 Å². The summed E-state index contributed by atoms with van der Waals surface area (Å²) in [6.07, 6.45) is -0.388. The Morgan fingerprint density at radius 2 is 2.21 bits per heavy atom. The van der Waals surface area contributed by atoms with E-state index in [-0.39, 0.29) is 18.9 Å². The molecule has 0 saturated carbocycles. The summed E-state index contributed by atoms with van der Waals surface area (Å²) < 4.78 is 0. The fourth-order valence-electron chi connectivity index (χ4n) is 1.69. The molecule has 3 nitrogen and oxygen atoms in total. The molecule has 1 aromatic carbocycles. The molecule has 1 amide bonds. The smallest absolute Gasteiger partial charge is 0.224 e. The molecule has 100 valence electrons. The Kier molecular flexibility index (Phi) is 4.96. The van der Waals surface area contributed by atoms with Crippen LogP contribution in [0.15, 0.2) is 41.8 Å². The molecular formula is C14H14ClNO2S. The topological polar surface area (TPSA) is 49.3 Å². The number of carbonyl (C=O) groups excluding carboxylic acids is 1. The third kappa shape index (κ3) is 4.35. The fraction of sp³-hybridized carbons (Fsp3) is 0.214. The molecule has 0 aliphatic carbocycles. The van der Waals surface area contributed by atoms with Gasteiger partial charge in [0.05, 0.1) is 6.42 Å². The lowest BCUT2D eigenvalue weighted by Crippen LogP contribution is -2.29. The van der Waals surface area contributed by atoms with Crippen molar-refractivity contribution in [2.45, 2.75) is 12.5 Å². The van der Waals surface area contributed by atoms with Crippen molar-refractivity contribution in [2.75, 3.05) is 6.54 Å². The lowest BCUT2D eigenvalue weighted by Gasteiger charge is -2.10. The van der Waals surface area contributed by atoms with E-state index in [2.05, 4.69) is 5.32 Å². The molecule has 2 N–H and O–H groups in total. The third-order valence-electron chi connectivity index (χ3n) is 2.62. The normalized spacial score (nSPS) is 12.1. The Bertz CT molecular complexity index is 542. The van der Waals surface area contributed by atoms with Gasteiger partial charge in [-0.15, -0.1) is 11.3 Å². The van der Waals surface area contributed by atoms with Crippen molar-refractivity contribution < 1.29 is 9.90 Å². The van der Waals surface area contributed by atoms with Gasteiger partial charge in [-0.2, -0.15) is 0 Å².